The average molecular weight is 329 g/mol. The Morgan fingerprint density at radius 1 is 1.30 bits per heavy atom. The minimum Gasteiger partial charge on any atom is -0.310 e. The maximum absolute atomic E-state index is 11.9. The topological polar surface area (TPSA) is 97.6 Å². The first-order chi connectivity index (χ1) is 11.1. The normalized spacial score (nSPS) is 10.7. The fourth-order valence-corrected chi connectivity index (χ4v) is 2.49. The van der Waals surface area contributed by atoms with Gasteiger partial charge in [0.2, 0.25) is 0 Å². The van der Waals surface area contributed by atoms with Crippen molar-refractivity contribution in [3.05, 3.63) is 36.1 Å². The van der Waals surface area contributed by atoms with Gasteiger partial charge in [0.05, 0.1) is 0 Å². The van der Waals surface area contributed by atoms with Crippen LogP contribution in [0.1, 0.15) is 19.9 Å². The Hall–Kier alpha value is -2.81. The van der Waals surface area contributed by atoms with E-state index in [1.807, 2.05) is 24.5 Å². The molecule has 0 aliphatic carbocycles. The fourth-order valence-electron chi connectivity index (χ4n) is 1.96. The van der Waals surface area contributed by atoms with Crippen molar-refractivity contribution < 1.29 is 4.79 Å². The Bertz CT molecular complexity index is 797. The predicted octanol–water partition coefficient (Wildman–Crippen LogP) is 3.02. The third-order valence-electron chi connectivity index (χ3n) is 3.00. The number of hydrogen-bond donors (Lipinski definition) is 2. The van der Waals surface area contributed by atoms with Gasteiger partial charge in [0.15, 0.2) is 11.0 Å². The molecular weight excluding hydrogens is 314 g/mol. The first-order valence-corrected chi connectivity index (χ1v) is 7.86. The standard InChI is InChI=1S/C14H15N7OS/c1-9(2)21-8-16-20-12(21)10-4-3-5-11(17-10)18-13(22)19-14-15-6-7-23-14/h3-9H,1-2H3,(H2,15,17,18,19,22). The number of hydrogen-bond acceptors (Lipinski definition) is 6. The van der Waals surface area contributed by atoms with Gasteiger partial charge in [-0.1, -0.05) is 6.07 Å². The highest BCUT2D eigenvalue weighted by Crippen LogP contribution is 2.20. The van der Waals surface area contributed by atoms with Crippen molar-refractivity contribution >= 4 is 28.3 Å². The molecule has 0 aliphatic rings. The summed E-state index contributed by atoms with van der Waals surface area (Å²) in [6.45, 7) is 4.08. The SMILES string of the molecule is CC(C)n1cnnc1-c1cccc(NC(=O)Nc2nccs2)n1. The third-order valence-corrected chi connectivity index (χ3v) is 3.69. The lowest BCUT2D eigenvalue weighted by atomic mass is 10.3. The molecule has 2 amide bonds. The van der Waals surface area contributed by atoms with Crippen LogP contribution in [-0.2, 0) is 0 Å². The van der Waals surface area contributed by atoms with Gasteiger partial charge in [0, 0.05) is 17.6 Å². The van der Waals surface area contributed by atoms with Gasteiger partial charge in [0.1, 0.15) is 17.8 Å². The zero-order valence-electron chi connectivity index (χ0n) is 12.6. The minimum absolute atomic E-state index is 0.214. The van der Waals surface area contributed by atoms with E-state index in [1.54, 1.807) is 30.0 Å². The molecule has 8 nitrogen and oxygen atoms in total. The molecule has 2 N–H and O–H groups in total. The molecule has 0 fully saturated rings. The van der Waals surface area contributed by atoms with Crippen LogP contribution in [0.25, 0.3) is 11.5 Å². The highest BCUT2D eigenvalue weighted by Gasteiger charge is 2.12. The van der Waals surface area contributed by atoms with Crippen LogP contribution < -0.4 is 10.6 Å². The Morgan fingerprint density at radius 3 is 2.91 bits per heavy atom. The average Bonchev–Trinajstić information content (AvgIpc) is 3.18. The number of nitrogens with one attached hydrogen (secondary N) is 2. The predicted molar refractivity (Wildman–Crippen MR) is 88.4 cm³/mol. The lowest BCUT2D eigenvalue weighted by molar-refractivity contribution is 0.262. The van der Waals surface area contributed by atoms with Crippen LogP contribution >= 0.6 is 11.3 Å². The second-order valence-electron chi connectivity index (χ2n) is 4.98. The van der Waals surface area contributed by atoms with Crippen LogP contribution in [0.4, 0.5) is 15.7 Å². The van der Waals surface area contributed by atoms with E-state index in [4.69, 9.17) is 0 Å². The first-order valence-electron chi connectivity index (χ1n) is 6.98. The number of aromatic nitrogens is 5. The number of pyridine rings is 1. The van der Waals surface area contributed by atoms with Crippen molar-refractivity contribution in [2.45, 2.75) is 19.9 Å². The second kappa shape index (κ2) is 6.53. The monoisotopic (exact) mass is 329 g/mol. The van der Waals surface area contributed by atoms with E-state index in [9.17, 15) is 4.79 Å². The summed E-state index contributed by atoms with van der Waals surface area (Å²) in [5, 5.41) is 15.7. The number of anilines is 2. The van der Waals surface area contributed by atoms with Gasteiger partial charge >= 0.3 is 6.03 Å². The smallest absolute Gasteiger partial charge is 0.310 e. The molecule has 3 aromatic heterocycles. The molecule has 9 heteroatoms. The molecule has 0 saturated heterocycles. The van der Waals surface area contributed by atoms with Crippen LogP contribution in [0.15, 0.2) is 36.1 Å². The Kier molecular flexibility index (Phi) is 4.29. The summed E-state index contributed by atoms with van der Waals surface area (Å²) in [4.78, 5) is 20.3. The molecule has 3 rings (SSSR count). The van der Waals surface area contributed by atoms with Gasteiger partial charge in [-0.3, -0.25) is 10.6 Å². The molecule has 0 atom stereocenters. The number of amides is 2. The van der Waals surface area contributed by atoms with E-state index in [1.165, 1.54) is 11.3 Å². The number of carbonyl (C=O) groups is 1. The highest BCUT2D eigenvalue weighted by molar-refractivity contribution is 7.13. The van der Waals surface area contributed by atoms with Gasteiger partial charge in [-0.15, -0.1) is 21.5 Å². The molecule has 0 aliphatic heterocycles. The highest BCUT2D eigenvalue weighted by atomic mass is 32.1. The van der Waals surface area contributed by atoms with Crippen molar-refractivity contribution in [1.82, 2.24) is 24.7 Å². The summed E-state index contributed by atoms with van der Waals surface area (Å²) in [7, 11) is 0. The summed E-state index contributed by atoms with van der Waals surface area (Å²) in [5.74, 6) is 1.08. The first kappa shape index (κ1) is 15.1. The largest absolute Gasteiger partial charge is 0.326 e. The molecule has 0 aromatic carbocycles. The van der Waals surface area contributed by atoms with Crippen LogP contribution in [0.3, 0.4) is 0 Å². The van der Waals surface area contributed by atoms with E-state index in [0.717, 1.165) is 0 Å². The van der Waals surface area contributed by atoms with Crippen LogP contribution in [0, 0.1) is 0 Å². The number of carbonyl (C=O) groups excluding carboxylic acids is 1. The molecule has 0 saturated carbocycles. The molecule has 0 unspecified atom stereocenters. The molecule has 3 heterocycles. The van der Waals surface area contributed by atoms with E-state index in [2.05, 4.69) is 30.8 Å². The summed E-state index contributed by atoms with van der Waals surface area (Å²) in [6, 6.07) is 5.16. The van der Waals surface area contributed by atoms with Gasteiger partial charge in [0.25, 0.3) is 0 Å². The molecule has 0 radical (unpaired) electrons. The lowest BCUT2D eigenvalue weighted by Gasteiger charge is -2.10. The molecule has 0 spiro atoms. The van der Waals surface area contributed by atoms with E-state index in [-0.39, 0.29) is 6.04 Å². The minimum atomic E-state index is -0.394. The number of rotatable bonds is 4. The number of thiazole rings is 1. The summed E-state index contributed by atoms with van der Waals surface area (Å²) >= 11 is 1.34. The van der Waals surface area contributed by atoms with Crippen LogP contribution in [0.2, 0.25) is 0 Å². The van der Waals surface area contributed by atoms with Crippen molar-refractivity contribution in [1.29, 1.82) is 0 Å². The van der Waals surface area contributed by atoms with Crippen molar-refractivity contribution in [3.8, 4) is 11.5 Å². The maximum Gasteiger partial charge on any atom is 0.326 e. The summed E-state index contributed by atoms with van der Waals surface area (Å²) in [6.07, 6.45) is 3.29. The lowest BCUT2D eigenvalue weighted by Crippen LogP contribution is -2.20. The van der Waals surface area contributed by atoms with Crippen molar-refractivity contribution in [2.24, 2.45) is 0 Å². The maximum atomic E-state index is 11.9. The van der Waals surface area contributed by atoms with E-state index >= 15 is 0 Å². The van der Waals surface area contributed by atoms with Gasteiger partial charge in [-0.25, -0.2) is 14.8 Å². The Balaban J connectivity index is 1.77. The van der Waals surface area contributed by atoms with Crippen molar-refractivity contribution in [3.63, 3.8) is 0 Å². The zero-order valence-corrected chi connectivity index (χ0v) is 13.4. The van der Waals surface area contributed by atoms with E-state index in [0.29, 0.717) is 22.5 Å². The molecule has 3 aromatic rings. The van der Waals surface area contributed by atoms with Crippen LogP contribution in [0.5, 0.6) is 0 Å². The Labute approximate surface area is 136 Å². The summed E-state index contributed by atoms with van der Waals surface area (Å²) in [5.41, 5.74) is 0.642. The molecule has 0 bridgehead atoms. The third kappa shape index (κ3) is 3.51. The number of urea groups is 1. The van der Waals surface area contributed by atoms with Gasteiger partial charge < -0.3 is 4.57 Å². The zero-order chi connectivity index (χ0) is 16.2. The van der Waals surface area contributed by atoms with Crippen LogP contribution in [-0.4, -0.2) is 30.8 Å². The summed E-state index contributed by atoms with van der Waals surface area (Å²) < 4.78 is 1.92. The van der Waals surface area contributed by atoms with E-state index < -0.39 is 6.03 Å². The molecule has 118 valence electrons. The second-order valence-corrected chi connectivity index (χ2v) is 5.87. The number of nitrogens with zero attached hydrogens (tertiary/aromatic N) is 5. The molecular formula is C14H15N7OS. The Morgan fingerprint density at radius 2 is 2.17 bits per heavy atom. The van der Waals surface area contributed by atoms with Gasteiger partial charge in [-0.05, 0) is 26.0 Å². The fraction of sp³-hybridized carbons (Fsp3) is 0.214. The van der Waals surface area contributed by atoms with Gasteiger partial charge in [-0.2, -0.15) is 0 Å². The quantitative estimate of drug-likeness (QED) is 0.767. The van der Waals surface area contributed by atoms with Crippen molar-refractivity contribution in [2.75, 3.05) is 10.6 Å². The molecule has 23 heavy (non-hydrogen) atoms.